The first-order valence-electron chi connectivity index (χ1n) is 9.18. The van der Waals surface area contributed by atoms with E-state index in [1.165, 1.54) is 4.68 Å². The van der Waals surface area contributed by atoms with Crippen molar-refractivity contribution in [2.45, 2.75) is 27.3 Å². The van der Waals surface area contributed by atoms with Crippen LogP contribution in [0.2, 0.25) is 0 Å². The molecule has 11 heteroatoms. The number of nitrogen functional groups attached to an aromatic ring is 1. The molecule has 2 aromatic heterocycles. The Bertz CT molecular complexity index is 987. The summed E-state index contributed by atoms with van der Waals surface area (Å²) in [6.07, 6.45) is 1.56. The maximum absolute atomic E-state index is 12.7. The van der Waals surface area contributed by atoms with Crippen LogP contribution in [0.25, 0.3) is 5.82 Å². The van der Waals surface area contributed by atoms with E-state index < -0.39 is 5.91 Å². The summed E-state index contributed by atoms with van der Waals surface area (Å²) in [7, 11) is 0. The molecular weight excluding hydrogens is 374 g/mol. The number of amides is 1. The number of benzene rings is 1. The van der Waals surface area contributed by atoms with Crippen LogP contribution in [-0.2, 0) is 6.54 Å². The summed E-state index contributed by atoms with van der Waals surface area (Å²) in [5.74, 6) is -0.251. The predicted molar refractivity (Wildman–Crippen MR) is 106 cm³/mol. The minimum atomic E-state index is -0.489. The highest BCUT2D eigenvalue weighted by molar-refractivity contribution is 5.94. The molecule has 0 aliphatic heterocycles. The highest BCUT2D eigenvalue weighted by atomic mass is 16.6. The van der Waals surface area contributed by atoms with Crippen molar-refractivity contribution in [2.75, 3.05) is 18.8 Å². The third-order valence-corrected chi connectivity index (χ3v) is 4.40. The van der Waals surface area contributed by atoms with Gasteiger partial charge in [-0.25, -0.2) is 10.1 Å². The smallest absolute Gasteiger partial charge is 0.293 e. The van der Waals surface area contributed by atoms with Gasteiger partial charge in [0.2, 0.25) is 11.6 Å². The fraction of sp³-hybridized carbons (Fsp3) is 0.333. The van der Waals surface area contributed by atoms with Gasteiger partial charge in [0.15, 0.2) is 5.69 Å². The van der Waals surface area contributed by atoms with Gasteiger partial charge in [0.1, 0.15) is 0 Å². The average Bonchev–Trinajstić information content (AvgIpc) is 3.33. The molecule has 11 nitrogen and oxygen atoms in total. The Morgan fingerprint density at radius 1 is 1.28 bits per heavy atom. The van der Waals surface area contributed by atoms with Gasteiger partial charge in [0, 0.05) is 6.54 Å². The summed E-state index contributed by atoms with van der Waals surface area (Å²) < 4.78 is 6.02. The van der Waals surface area contributed by atoms with Crippen molar-refractivity contribution < 1.29 is 9.42 Å². The number of nitrogens with zero attached hydrogens (tertiary/aromatic N) is 7. The van der Waals surface area contributed by atoms with Gasteiger partial charge in [-0.2, -0.15) is 9.78 Å². The van der Waals surface area contributed by atoms with E-state index in [-0.39, 0.29) is 17.3 Å². The summed E-state index contributed by atoms with van der Waals surface area (Å²) in [6, 6.07) is 7.75. The van der Waals surface area contributed by atoms with Crippen LogP contribution in [0.1, 0.15) is 41.2 Å². The molecule has 2 heterocycles. The van der Waals surface area contributed by atoms with Crippen LogP contribution in [0.3, 0.4) is 0 Å². The Labute approximate surface area is 167 Å². The Morgan fingerprint density at radius 2 is 2.00 bits per heavy atom. The molecular formula is C18H23N9O2. The number of carbonyl (C=O) groups is 1. The Balaban J connectivity index is 1.85. The van der Waals surface area contributed by atoms with Crippen LogP contribution in [-0.4, -0.2) is 55.4 Å². The quantitative estimate of drug-likeness (QED) is 0.426. The third-order valence-electron chi connectivity index (χ3n) is 4.40. The monoisotopic (exact) mass is 397 g/mol. The lowest BCUT2D eigenvalue weighted by Gasteiger charge is -2.18. The molecule has 152 valence electrons. The lowest BCUT2D eigenvalue weighted by atomic mass is 10.2. The van der Waals surface area contributed by atoms with Crippen LogP contribution in [0.4, 0.5) is 5.82 Å². The lowest BCUT2D eigenvalue weighted by Crippen LogP contribution is -2.27. The highest BCUT2D eigenvalue weighted by Gasteiger charge is 2.24. The van der Waals surface area contributed by atoms with Gasteiger partial charge in [0.25, 0.3) is 5.91 Å². The number of hydrogen-bond donors (Lipinski definition) is 2. The molecule has 0 saturated carbocycles. The molecule has 3 aromatic rings. The topological polar surface area (TPSA) is 140 Å². The fourth-order valence-electron chi connectivity index (χ4n) is 2.66. The molecule has 0 bridgehead atoms. The van der Waals surface area contributed by atoms with Gasteiger partial charge in [-0.1, -0.05) is 48.9 Å². The number of nitrogens with two attached hydrogens (primary N) is 1. The zero-order valence-electron chi connectivity index (χ0n) is 16.5. The van der Waals surface area contributed by atoms with E-state index in [0.29, 0.717) is 12.2 Å². The Hall–Kier alpha value is -3.60. The normalized spacial score (nSPS) is 11.4. The molecule has 0 unspecified atom stereocenters. The van der Waals surface area contributed by atoms with Gasteiger partial charge in [-0.3, -0.25) is 9.69 Å². The first-order valence-corrected chi connectivity index (χ1v) is 9.18. The second-order valence-corrected chi connectivity index (χ2v) is 6.34. The number of nitrogens with one attached hydrogen (secondary N) is 1. The van der Waals surface area contributed by atoms with Crippen molar-refractivity contribution >= 4 is 17.9 Å². The number of hydrazone groups is 1. The molecule has 0 aliphatic rings. The minimum absolute atomic E-state index is 0.0556. The predicted octanol–water partition coefficient (Wildman–Crippen LogP) is 1.15. The molecule has 1 aromatic carbocycles. The van der Waals surface area contributed by atoms with Gasteiger partial charge in [-0.05, 0) is 35.9 Å². The van der Waals surface area contributed by atoms with Crippen molar-refractivity contribution in [1.82, 2.24) is 35.6 Å². The number of carbonyl (C=O) groups excluding carboxylic acids is 1. The number of aromatic nitrogens is 5. The SMILES string of the molecule is CCN(CC)Cc1c(C(=O)N/N=C/c2ccc(C)cc2)nnn1-c1nonc1N. The second kappa shape index (κ2) is 9.06. The molecule has 1 amide bonds. The average molecular weight is 397 g/mol. The van der Waals surface area contributed by atoms with Crippen LogP contribution < -0.4 is 11.2 Å². The summed E-state index contributed by atoms with van der Waals surface area (Å²) >= 11 is 0. The van der Waals surface area contributed by atoms with E-state index in [1.807, 2.05) is 45.0 Å². The Kier molecular flexibility index (Phi) is 6.29. The number of anilines is 1. The summed E-state index contributed by atoms with van der Waals surface area (Å²) in [5.41, 5.74) is 10.9. The number of rotatable bonds is 8. The van der Waals surface area contributed by atoms with Crippen LogP contribution in [0, 0.1) is 6.92 Å². The van der Waals surface area contributed by atoms with Crippen molar-refractivity contribution in [3.8, 4) is 5.82 Å². The van der Waals surface area contributed by atoms with Crippen LogP contribution in [0.5, 0.6) is 0 Å². The van der Waals surface area contributed by atoms with Crippen molar-refractivity contribution in [3.05, 3.63) is 46.8 Å². The first-order chi connectivity index (χ1) is 14.0. The summed E-state index contributed by atoms with van der Waals surface area (Å²) in [4.78, 5) is 14.8. The van der Waals surface area contributed by atoms with Gasteiger partial charge >= 0.3 is 0 Å². The third kappa shape index (κ3) is 4.63. The maximum atomic E-state index is 12.7. The van der Waals surface area contributed by atoms with Gasteiger partial charge < -0.3 is 5.73 Å². The van der Waals surface area contributed by atoms with Gasteiger partial charge in [-0.15, -0.1) is 5.10 Å². The first kappa shape index (κ1) is 20.1. The zero-order valence-corrected chi connectivity index (χ0v) is 16.5. The molecule has 0 aliphatic carbocycles. The standard InChI is InChI=1S/C18H23N9O2/c1-4-26(5-2)11-14-15(21-25-27(14)17-16(19)23-29-24-17)18(28)22-20-10-13-8-6-12(3)7-9-13/h6-10H,4-5,11H2,1-3H3,(H2,19,23)(H,22,28)/b20-10+. The van der Waals surface area contributed by atoms with Crippen LogP contribution >= 0.6 is 0 Å². The molecule has 3 rings (SSSR count). The molecule has 0 fully saturated rings. The summed E-state index contributed by atoms with van der Waals surface area (Å²) in [5, 5.41) is 19.4. The van der Waals surface area contributed by atoms with Crippen LogP contribution in [0.15, 0.2) is 34.0 Å². The van der Waals surface area contributed by atoms with E-state index in [2.05, 4.69) is 40.7 Å². The second-order valence-electron chi connectivity index (χ2n) is 6.34. The largest absolute Gasteiger partial charge is 0.378 e. The zero-order chi connectivity index (χ0) is 20.8. The fourth-order valence-corrected chi connectivity index (χ4v) is 2.66. The maximum Gasteiger partial charge on any atom is 0.293 e. The lowest BCUT2D eigenvalue weighted by molar-refractivity contribution is 0.0948. The number of aryl methyl sites for hydroxylation is 1. The van der Waals surface area contributed by atoms with Crippen molar-refractivity contribution in [2.24, 2.45) is 5.10 Å². The number of hydrogen-bond acceptors (Lipinski definition) is 9. The minimum Gasteiger partial charge on any atom is -0.378 e. The molecule has 0 radical (unpaired) electrons. The molecule has 0 spiro atoms. The molecule has 3 N–H and O–H groups in total. The molecule has 0 atom stereocenters. The van der Waals surface area contributed by atoms with Crippen molar-refractivity contribution in [1.29, 1.82) is 0 Å². The van der Waals surface area contributed by atoms with E-state index in [4.69, 9.17) is 5.73 Å². The molecule has 0 saturated heterocycles. The van der Waals surface area contributed by atoms with E-state index in [1.54, 1.807) is 6.21 Å². The van der Waals surface area contributed by atoms with E-state index in [9.17, 15) is 4.79 Å². The highest BCUT2D eigenvalue weighted by Crippen LogP contribution is 2.17. The van der Waals surface area contributed by atoms with Crippen molar-refractivity contribution in [3.63, 3.8) is 0 Å². The van der Waals surface area contributed by atoms with Gasteiger partial charge in [0.05, 0.1) is 11.9 Å². The summed E-state index contributed by atoms with van der Waals surface area (Å²) in [6.45, 7) is 8.02. The Morgan fingerprint density at radius 3 is 2.62 bits per heavy atom. The molecule has 29 heavy (non-hydrogen) atoms. The van der Waals surface area contributed by atoms with E-state index >= 15 is 0 Å². The van der Waals surface area contributed by atoms with E-state index in [0.717, 1.165) is 24.2 Å².